The lowest BCUT2D eigenvalue weighted by molar-refractivity contribution is 0.0940. The van der Waals surface area contributed by atoms with Gasteiger partial charge in [0, 0.05) is 22.4 Å². The van der Waals surface area contributed by atoms with Crippen molar-refractivity contribution in [2.75, 3.05) is 11.8 Å². The van der Waals surface area contributed by atoms with Gasteiger partial charge >= 0.3 is 0 Å². The highest BCUT2D eigenvalue weighted by atomic mass is 32.2. The molecule has 0 aliphatic carbocycles. The highest BCUT2D eigenvalue weighted by Crippen LogP contribution is 2.26. The highest BCUT2D eigenvalue weighted by molar-refractivity contribution is 7.98. The monoisotopic (exact) mass is 470 g/mol. The molecule has 0 aliphatic rings. The molecule has 0 bridgehead atoms. The smallest absolute Gasteiger partial charge is 0.261 e. The molecule has 0 spiro atoms. The standard InChI is InChI=1S/C24H26N2O4S2/c1-17(2)25-24(27)22-15-21(13-14-23(22)30-3)32(28,29)26-19-11-9-18(10-12-19)16-31-20-7-5-4-6-8-20/h4-15,17,26H,16H2,1-3H3,(H,25,27). The van der Waals surface area contributed by atoms with E-state index < -0.39 is 15.9 Å². The van der Waals surface area contributed by atoms with E-state index in [0.29, 0.717) is 11.4 Å². The maximum absolute atomic E-state index is 12.9. The van der Waals surface area contributed by atoms with Gasteiger partial charge in [-0.2, -0.15) is 0 Å². The van der Waals surface area contributed by atoms with Crippen LogP contribution in [0.5, 0.6) is 5.75 Å². The number of rotatable bonds is 9. The lowest BCUT2D eigenvalue weighted by Crippen LogP contribution is -2.30. The van der Waals surface area contributed by atoms with E-state index in [1.54, 1.807) is 23.9 Å². The molecule has 168 valence electrons. The van der Waals surface area contributed by atoms with Gasteiger partial charge in [-0.25, -0.2) is 8.42 Å². The maximum Gasteiger partial charge on any atom is 0.261 e. The first-order chi connectivity index (χ1) is 15.3. The van der Waals surface area contributed by atoms with Gasteiger partial charge in [-0.1, -0.05) is 30.3 Å². The quantitative estimate of drug-likeness (QED) is 0.433. The topological polar surface area (TPSA) is 84.5 Å². The summed E-state index contributed by atoms with van der Waals surface area (Å²) in [5.41, 5.74) is 1.69. The number of carbonyl (C=O) groups is 1. The number of sulfonamides is 1. The van der Waals surface area contributed by atoms with Crippen LogP contribution in [0, 0.1) is 0 Å². The summed E-state index contributed by atoms with van der Waals surface area (Å²) in [6.07, 6.45) is 0. The van der Waals surface area contributed by atoms with Gasteiger partial charge < -0.3 is 10.1 Å². The van der Waals surface area contributed by atoms with E-state index in [-0.39, 0.29) is 16.5 Å². The van der Waals surface area contributed by atoms with Crippen molar-refractivity contribution in [3.63, 3.8) is 0 Å². The van der Waals surface area contributed by atoms with E-state index in [4.69, 9.17) is 4.74 Å². The average molecular weight is 471 g/mol. The molecule has 0 atom stereocenters. The Bertz CT molecular complexity index is 1160. The Morgan fingerprint density at radius 2 is 1.69 bits per heavy atom. The Balaban J connectivity index is 1.73. The van der Waals surface area contributed by atoms with Gasteiger partial charge in [0.1, 0.15) is 5.75 Å². The zero-order valence-electron chi connectivity index (χ0n) is 18.2. The molecule has 0 fully saturated rings. The molecule has 3 rings (SSSR count). The minimum atomic E-state index is -3.88. The van der Waals surface area contributed by atoms with Gasteiger partial charge in [-0.05, 0) is 61.9 Å². The van der Waals surface area contributed by atoms with Gasteiger partial charge in [0.25, 0.3) is 15.9 Å². The fraction of sp³-hybridized carbons (Fsp3) is 0.208. The van der Waals surface area contributed by atoms with Crippen molar-refractivity contribution in [3.8, 4) is 5.75 Å². The lowest BCUT2D eigenvalue weighted by Gasteiger charge is -2.14. The molecule has 0 aliphatic heterocycles. The Hall–Kier alpha value is -2.97. The first-order valence-corrected chi connectivity index (χ1v) is 12.5. The van der Waals surface area contributed by atoms with Crippen LogP contribution in [0.2, 0.25) is 0 Å². The van der Waals surface area contributed by atoms with Crippen LogP contribution in [0.4, 0.5) is 5.69 Å². The number of ether oxygens (including phenoxy) is 1. The fourth-order valence-electron chi connectivity index (χ4n) is 2.94. The predicted molar refractivity (Wildman–Crippen MR) is 129 cm³/mol. The molecule has 2 N–H and O–H groups in total. The van der Waals surface area contributed by atoms with E-state index in [9.17, 15) is 13.2 Å². The molecule has 0 radical (unpaired) electrons. The summed E-state index contributed by atoms with van der Waals surface area (Å²) >= 11 is 1.71. The normalized spacial score (nSPS) is 11.2. The van der Waals surface area contributed by atoms with E-state index in [2.05, 4.69) is 22.2 Å². The first-order valence-electron chi connectivity index (χ1n) is 10.1. The van der Waals surface area contributed by atoms with Crippen LogP contribution in [0.3, 0.4) is 0 Å². The van der Waals surface area contributed by atoms with E-state index >= 15 is 0 Å². The van der Waals surface area contributed by atoms with Crippen LogP contribution >= 0.6 is 11.8 Å². The predicted octanol–water partition coefficient (Wildman–Crippen LogP) is 4.93. The molecular weight excluding hydrogens is 444 g/mol. The summed E-state index contributed by atoms with van der Waals surface area (Å²) in [6.45, 7) is 3.66. The minimum Gasteiger partial charge on any atom is -0.496 e. The van der Waals surface area contributed by atoms with Crippen molar-refractivity contribution in [1.29, 1.82) is 0 Å². The third kappa shape index (κ3) is 6.27. The number of hydrogen-bond acceptors (Lipinski definition) is 5. The molecule has 1 amide bonds. The van der Waals surface area contributed by atoms with Crippen LogP contribution in [-0.4, -0.2) is 27.5 Å². The molecule has 0 saturated heterocycles. The van der Waals surface area contributed by atoms with E-state index in [1.807, 2.05) is 44.2 Å². The minimum absolute atomic E-state index is 0.0177. The van der Waals surface area contributed by atoms with Crippen molar-refractivity contribution >= 4 is 33.4 Å². The Morgan fingerprint density at radius 3 is 2.31 bits per heavy atom. The summed E-state index contributed by atoms with van der Waals surface area (Å²) in [7, 11) is -2.45. The maximum atomic E-state index is 12.9. The highest BCUT2D eigenvalue weighted by Gasteiger charge is 2.20. The number of hydrogen-bond donors (Lipinski definition) is 2. The summed E-state index contributed by atoms with van der Waals surface area (Å²) in [5.74, 6) is 0.695. The number of carbonyl (C=O) groups excluding carboxylic acids is 1. The second kappa shape index (κ2) is 10.6. The van der Waals surface area contributed by atoms with E-state index in [0.717, 1.165) is 11.3 Å². The van der Waals surface area contributed by atoms with Crippen molar-refractivity contribution in [1.82, 2.24) is 5.32 Å². The molecular formula is C24H26N2O4S2. The second-order valence-corrected chi connectivity index (χ2v) is 10.1. The zero-order chi connectivity index (χ0) is 23.1. The fourth-order valence-corrected chi connectivity index (χ4v) is 4.90. The zero-order valence-corrected chi connectivity index (χ0v) is 19.8. The van der Waals surface area contributed by atoms with Crippen LogP contribution in [0.25, 0.3) is 0 Å². The molecule has 6 nitrogen and oxygen atoms in total. The SMILES string of the molecule is COc1ccc(S(=O)(=O)Nc2ccc(CSc3ccccc3)cc2)cc1C(=O)NC(C)C. The van der Waals surface area contributed by atoms with Crippen LogP contribution < -0.4 is 14.8 Å². The van der Waals surface area contributed by atoms with Crippen LogP contribution in [0.1, 0.15) is 29.8 Å². The van der Waals surface area contributed by atoms with Crippen molar-refractivity contribution in [2.45, 2.75) is 35.4 Å². The van der Waals surface area contributed by atoms with Gasteiger partial charge in [-0.3, -0.25) is 9.52 Å². The molecule has 3 aromatic rings. The molecule has 32 heavy (non-hydrogen) atoms. The van der Waals surface area contributed by atoms with Crippen LogP contribution in [-0.2, 0) is 15.8 Å². The molecule has 0 heterocycles. The molecule has 0 unspecified atom stereocenters. The molecule has 3 aromatic carbocycles. The van der Waals surface area contributed by atoms with Gasteiger partial charge in [-0.15, -0.1) is 11.8 Å². The van der Waals surface area contributed by atoms with Gasteiger partial charge in [0.05, 0.1) is 17.6 Å². The molecule has 0 aromatic heterocycles. The number of thioether (sulfide) groups is 1. The van der Waals surface area contributed by atoms with Crippen molar-refractivity contribution in [2.24, 2.45) is 0 Å². The summed E-state index contributed by atoms with van der Waals surface area (Å²) in [6, 6.07) is 21.5. The summed E-state index contributed by atoms with van der Waals surface area (Å²) in [4.78, 5) is 13.6. The number of anilines is 1. The van der Waals surface area contributed by atoms with Crippen molar-refractivity contribution < 1.29 is 17.9 Å². The van der Waals surface area contributed by atoms with Gasteiger partial charge in [0.15, 0.2) is 0 Å². The van der Waals surface area contributed by atoms with Crippen molar-refractivity contribution in [3.05, 3.63) is 83.9 Å². The average Bonchev–Trinajstić information content (AvgIpc) is 2.78. The third-order valence-electron chi connectivity index (χ3n) is 4.50. The first kappa shape index (κ1) is 23.7. The molecule has 8 heteroatoms. The van der Waals surface area contributed by atoms with E-state index in [1.165, 1.54) is 30.2 Å². The second-order valence-electron chi connectivity index (χ2n) is 7.39. The largest absolute Gasteiger partial charge is 0.496 e. The summed E-state index contributed by atoms with van der Waals surface area (Å²) < 4.78 is 33.6. The molecule has 0 saturated carbocycles. The Morgan fingerprint density at radius 1 is 1.00 bits per heavy atom. The Labute approximate surface area is 193 Å². The lowest BCUT2D eigenvalue weighted by atomic mass is 10.2. The number of nitrogens with one attached hydrogen (secondary N) is 2. The van der Waals surface area contributed by atoms with Gasteiger partial charge in [0.2, 0.25) is 0 Å². The van der Waals surface area contributed by atoms with Crippen LogP contribution in [0.15, 0.2) is 82.6 Å². The number of amides is 1. The number of methoxy groups -OCH3 is 1. The Kier molecular flexibility index (Phi) is 7.82. The number of benzene rings is 3. The summed E-state index contributed by atoms with van der Waals surface area (Å²) in [5, 5.41) is 2.76. The third-order valence-corrected chi connectivity index (χ3v) is 6.96.